The molecule has 0 spiro atoms. The van der Waals surface area contributed by atoms with Gasteiger partial charge in [0.1, 0.15) is 6.10 Å². The first-order valence-electron chi connectivity index (χ1n) is 5.10. The summed E-state index contributed by atoms with van der Waals surface area (Å²) < 4.78 is 0. The van der Waals surface area contributed by atoms with E-state index in [4.69, 9.17) is 0 Å². The molecule has 16 heavy (non-hydrogen) atoms. The van der Waals surface area contributed by atoms with Gasteiger partial charge in [-0.1, -0.05) is 40.2 Å². The third-order valence-corrected chi connectivity index (χ3v) is 2.89. The molecule has 3 nitrogen and oxygen atoms in total. The molecule has 1 aromatic rings. The van der Waals surface area contributed by atoms with E-state index in [1.165, 1.54) is 6.92 Å². The second-order valence-electron chi connectivity index (χ2n) is 3.63. The van der Waals surface area contributed by atoms with Crippen LogP contribution >= 0.6 is 15.9 Å². The zero-order valence-corrected chi connectivity index (χ0v) is 10.6. The fourth-order valence-electron chi connectivity index (χ4n) is 1.55. The molecule has 0 aliphatic heterocycles. The number of rotatable bonds is 5. The van der Waals surface area contributed by atoms with Gasteiger partial charge in [0.2, 0.25) is 0 Å². The Morgan fingerprint density at radius 3 is 2.56 bits per heavy atom. The number of ketones is 1. The maximum atomic E-state index is 11.3. The van der Waals surface area contributed by atoms with Crippen LogP contribution in [0.15, 0.2) is 24.3 Å². The Kier molecular flexibility index (Phi) is 5.12. The highest BCUT2D eigenvalue weighted by Crippen LogP contribution is 2.23. The van der Waals surface area contributed by atoms with Crippen LogP contribution in [0.25, 0.3) is 0 Å². The first-order chi connectivity index (χ1) is 7.57. The number of benzene rings is 1. The minimum atomic E-state index is -1.02. The highest BCUT2D eigenvalue weighted by atomic mass is 79.9. The molecule has 2 unspecified atom stereocenters. The van der Waals surface area contributed by atoms with E-state index >= 15 is 0 Å². The standard InChI is InChI=1S/C12H15BrO3/c1-8(14)9-4-2-3-5-10(9)12(16)11(15)6-7-13/h2-5,11-12,15-16H,6-7H2,1H3. The molecule has 0 saturated carbocycles. The van der Waals surface area contributed by atoms with E-state index < -0.39 is 12.2 Å². The number of aliphatic hydroxyl groups excluding tert-OH is 2. The first-order valence-corrected chi connectivity index (χ1v) is 6.22. The van der Waals surface area contributed by atoms with Gasteiger partial charge in [0.15, 0.2) is 5.78 Å². The molecule has 0 bridgehead atoms. The topological polar surface area (TPSA) is 57.5 Å². The van der Waals surface area contributed by atoms with Crippen molar-refractivity contribution in [2.75, 3.05) is 5.33 Å². The van der Waals surface area contributed by atoms with Gasteiger partial charge in [0.25, 0.3) is 0 Å². The van der Waals surface area contributed by atoms with Gasteiger partial charge in [0, 0.05) is 10.9 Å². The van der Waals surface area contributed by atoms with Crippen LogP contribution in [0.2, 0.25) is 0 Å². The largest absolute Gasteiger partial charge is 0.390 e. The minimum Gasteiger partial charge on any atom is -0.390 e. The maximum Gasteiger partial charge on any atom is 0.160 e. The molecule has 1 aromatic carbocycles. The number of alkyl halides is 1. The maximum absolute atomic E-state index is 11.3. The van der Waals surface area contributed by atoms with Crippen LogP contribution in [0.5, 0.6) is 0 Å². The lowest BCUT2D eigenvalue weighted by Gasteiger charge is -2.19. The fraction of sp³-hybridized carbons (Fsp3) is 0.417. The summed E-state index contributed by atoms with van der Waals surface area (Å²) in [5.41, 5.74) is 0.951. The smallest absolute Gasteiger partial charge is 0.160 e. The molecular formula is C12H15BrO3. The molecule has 0 radical (unpaired) electrons. The second-order valence-corrected chi connectivity index (χ2v) is 4.43. The van der Waals surface area contributed by atoms with Crippen molar-refractivity contribution >= 4 is 21.7 Å². The van der Waals surface area contributed by atoms with Crippen molar-refractivity contribution in [2.45, 2.75) is 25.6 Å². The van der Waals surface area contributed by atoms with Crippen molar-refractivity contribution in [3.8, 4) is 0 Å². The summed E-state index contributed by atoms with van der Waals surface area (Å²) in [6.45, 7) is 1.45. The lowest BCUT2D eigenvalue weighted by molar-refractivity contribution is 0.0169. The average molecular weight is 287 g/mol. The van der Waals surface area contributed by atoms with Gasteiger partial charge in [-0.05, 0) is 18.9 Å². The van der Waals surface area contributed by atoms with Crippen LogP contribution in [0.3, 0.4) is 0 Å². The van der Waals surface area contributed by atoms with Gasteiger partial charge >= 0.3 is 0 Å². The van der Waals surface area contributed by atoms with Gasteiger partial charge in [-0.15, -0.1) is 0 Å². The molecular weight excluding hydrogens is 272 g/mol. The molecule has 1 rings (SSSR count). The molecule has 88 valence electrons. The van der Waals surface area contributed by atoms with E-state index in [0.29, 0.717) is 22.9 Å². The van der Waals surface area contributed by atoms with Crippen LogP contribution in [0.1, 0.15) is 35.4 Å². The number of hydrogen-bond donors (Lipinski definition) is 2. The van der Waals surface area contributed by atoms with Crippen molar-refractivity contribution in [3.05, 3.63) is 35.4 Å². The van der Waals surface area contributed by atoms with Crippen LogP contribution < -0.4 is 0 Å². The number of aliphatic hydroxyl groups is 2. The molecule has 0 saturated heterocycles. The Bertz CT molecular complexity index is 365. The Hall–Kier alpha value is -0.710. The van der Waals surface area contributed by atoms with E-state index in [0.717, 1.165) is 0 Å². The van der Waals surface area contributed by atoms with Crippen molar-refractivity contribution in [1.29, 1.82) is 0 Å². The van der Waals surface area contributed by atoms with Crippen molar-refractivity contribution in [3.63, 3.8) is 0 Å². The van der Waals surface area contributed by atoms with Gasteiger partial charge in [-0.3, -0.25) is 4.79 Å². The summed E-state index contributed by atoms with van der Waals surface area (Å²) in [5, 5.41) is 20.2. The van der Waals surface area contributed by atoms with Gasteiger partial charge in [-0.2, -0.15) is 0 Å². The zero-order valence-electron chi connectivity index (χ0n) is 9.06. The Balaban J connectivity index is 2.98. The summed E-state index contributed by atoms with van der Waals surface area (Å²) in [4.78, 5) is 11.3. The van der Waals surface area contributed by atoms with Gasteiger partial charge in [-0.25, -0.2) is 0 Å². The number of halogens is 1. The van der Waals surface area contributed by atoms with E-state index in [9.17, 15) is 15.0 Å². The third kappa shape index (κ3) is 3.14. The predicted molar refractivity (Wildman–Crippen MR) is 65.8 cm³/mol. The van der Waals surface area contributed by atoms with Crippen LogP contribution in [0, 0.1) is 0 Å². The third-order valence-electron chi connectivity index (χ3n) is 2.43. The van der Waals surface area contributed by atoms with Crippen molar-refractivity contribution in [2.24, 2.45) is 0 Å². The van der Waals surface area contributed by atoms with Crippen LogP contribution in [-0.2, 0) is 0 Å². The lowest BCUT2D eigenvalue weighted by atomic mass is 9.96. The summed E-state index contributed by atoms with van der Waals surface area (Å²) in [6, 6.07) is 6.80. The average Bonchev–Trinajstić information content (AvgIpc) is 2.28. The number of carbonyl (C=O) groups is 1. The van der Waals surface area contributed by atoms with E-state index in [1.807, 2.05) is 0 Å². The highest BCUT2D eigenvalue weighted by Gasteiger charge is 2.21. The Morgan fingerprint density at radius 1 is 1.38 bits per heavy atom. The fourth-order valence-corrected chi connectivity index (χ4v) is 2.02. The highest BCUT2D eigenvalue weighted by molar-refractivity contribution is 9.09. The lowest BCUT2D eigenvalue weighted by Crippen LogP contribution is -2.20. The molecule has 0 heterocycles. The van der Waals surface area contributed by atoms with Crippen LogP contribution in [-0.4, -0.2) is 27.4 Å². The summed E-state index contributed by atoms with van der Waals surface area (Å²) >= 11 is 3.20. The Labute approximate surface area is 103 Å². The molecule has 0 aliphatic carbocycles. The monoisotopic (exact) mass is 286 g/mol. The number of Topliss-reactive ketones (excluding diaryl/α,β-unsaturated/α-hetero) is 1. The molecule has 2 atom stereocenters. The minimum absolute atomic E-state index is 0.110. The predicted octanol–water partition coefficient (Wildman–Crippen LogP) is 2.07. The van der Waals surface area contributed by atoms with Crippen molar-refractivity contribution in [1.82, 2.24) is 0 Å². The first kappa shape index (κ1) is 13.4. The molecule has 2 N–H and O–H groups in total. The number of hydrogen-bond acceptors (Lipinski definition) is 3. The molecule has 0 aliphatic rings. The quantitative estimate of drug-likeness (QED) is 0.644. The van der Waals surface area contributed by atoms with E-state index in [-0.39, 0.29) is 5.78 Å². The van der Waals surface area contributed by atoms with E-state index in [2.05, 4.69) is 15.9 Å². The normalized spacial score (nSPS) is 14.5. The molecule has 0 fully saturated rings. The summed E-state index contributed by atoms with van der Waals surface area (Å²) in [5.74, 6) is -0.110. The molecule has 0 amide bonds. The summed E-state index contributed by atoms with van der Waals surface area (Å²) in [7, 11) is 0. The van der Waals surface area contributed by atoms with Crippen LogP contribution in [0.4, 0.5) is 0 Å². The van der Waals surface area contributed by atoms with Crippen molar-refractivity contribution < 1.29 is 15.0 Å². The van der Waals surface area contributed by atoms with Gasteiger partial charge in [0.05, 0.1) is 6.10 Å². The van der Waals surface area contributed by atoms with Gasteiger partial charge < -0.3 is 10.2 Å². The SMILES string of the molecule is CC(=O)c1ccccc1C(O)C(O)CCBr. The second kappa shape index (κ2) is 6.13. The van der Waals surface area contributed by atoms with E-state index in [1.54, 1.807) is 24.3 Å². The molecule has 4 heteroatoms. The number of carbonyl (C=O) groups excluding carboxylic acids is 1. The summed E-state index contributed by atoms with van der Waals surface area (Å²) in [6.07, 6.45) is -1.44. The molecule has 0 aromatic heterocycles. The Morgan fingerprint density at radius 2 is 2.00 bits per heavy atom. The zero-order chi connectivity index (χ0) is 12.1.